The van der Waals surface area contributed by atoms with Crippen LogP contribution in [-0.4, -0.2) is 17.1 Å². The maximum Gasteiger partial charge on any atom is 0.391 e. The number of carbonyl (C=O) groups is 1. The summed E-state index contributed by atoms with van der Waals surface area (Å²) in [5.41, 5.74) is 6.96. The van der Waals surface area contributed by atoms with E-state index in [1.807, 2.05) is 0 Å². The lowest BCUT2D eigenvalue weighted by molar-refractivity contribution is -0.184. The fraction of sp³-hybridized carbons (Fsp3) is 0.571. The van der Waals surface area contributed by atoms with Gasteiger partial charge >= 0.3 is 6.18 Å². The number of halogens is 3. The van der Waals surface area contributed by atoms with Crippen LogP contribution in [0.4, 0.5) is 24.7 Å². The molecule has 1 fully saturated rings. The summed E-state index contributed by atoms with van der Waals surface area (Å²) in [6.07, 6.45) is -2.18. The zero-order chi connectivity index (χ0) is 15.6. The Balaban J connectivity index is 1.92. The Labute approximate surface area is 120 Å². The maximum atomic E-state index is 12.6. The van der Waals surface area contributed by atoms with E-state index in [1.165, 1.54) is 6.20 Å². The van der Waals surface area contributed by atoms with Gasteiger partial charge in [-0.25, -0.2) is 4.98 Å². The van der Waals surface area contributed by atoms with Gasteiger partial charge < -0.3 is 11.1 Å². The molecule has 116 valence electrons. The summed E-state index contributed by atoms with van der Waals surface area (Å²) in [6, 6.07) is 1.65. The van der Waals surface area contributed by atoms with E-state index >= 15 is 0 Å². The highest BCUT2D eigenvalue weighted by Crippen LogP contribution is 2.39. The Morgan fingerprint density at radius 2 is 1.95 bits per heavy atom. The van der Waals surface area contributed by atoms with Crippen molar-refractivity contribution in [2.24, 2.45) is 11.8 Å². The number of nitrogen functional groups attached to an aromatic ring is 1. The van der Waals surface area contributed by atoms with Crippen LogP contribution in [-0.2, 0) is 4.79 Å². The fourth-order valence-electron chi connectivity index (χ4n) is 2.55. The van der Waals surface area contributed by atoms with Gasteiger partial charge in [-0.15, -0.1) is 0 Å². The van der Waals surface area contributed by atoms with Crippen LogP contribution in [0.2, 0.25) is 0 Å². The van der Waals surface area contributed by atoms with Gasteiger partial charge in [-0.1, -0.05) is 0 Å². The van der Waals surface area contributed by atoms with E-state index in [2.05, 4.69) is 10.3 Å². The summed E-state index contributed by atoms with van der Waals surface area (Å²) in [7, 11) is 0. The first-order valence-electron chi connectivity index (χ1n) is 6.87. The number of nitrogens with one attached hydrogen (secondary N) is 1. The number of aromatic nitrogens is 1. The predicted molar refractivity (Wildman–Crippen MR) is 73.5 cm³/mol. The SMILES string of the molecule is Cc1cc(NC(=O)C2CCC(C(F)(F)F)CC2)ncc1N. The molecule has 0 aliphatic heterocycles. The molecule has 0 radical (unpaired) electrons. The number of rotatable bonds is 2. The Bertz CT molecular complexity index is 523. The second kappa shape index (κ2) is 5.91. The van der Waals surface area contributed by atoms with Gasteiger partial charge in [0.25, 0.3) is 0 Å². The first-order chi connectivity index (χ1) is 9.77. The van der Waals surface area contributed by atoms with E-state index in [0.717, 1.165) is 5.56 Å². The Hall–Kier alpha value is -1.79. The smallest absolute Gasteiger partial charge is 0.391 e. The summed E-state index contributed by atoms with van der Waals surface area (Å²) in [5, 5.41) is 2.65. The number of pyridine rings is 1. The second-order valence-electron chi connectivity index (χ2n) is 5.51. The molecule has 0 bridgehead atoms. The van der Waals surface area contributed by atoms with Crippen LogP contribution in [0.5, 0.6) is 0 Å². The number of hydrogen-bond donors (Lipinski definition) is 2. The topological polar surface area (TPSA) is 68.0 Å². The molecule has 3 N–H and O–H groups in total. The molecule has 0 saturated heterocycles. The molecule has 7 heteroatoms. The predicted octanol–water partition coefficient (Wildman–Crippen LogP) is 3.28. The highest BCUT2D eigenvalue weighted by atomic mass is 19.4. The van der Waals surface area contributed by atoms with E-state index in [9.17, 15) is 18.0 Å². The third-order valence-corrected chi connectivity index (χ3v) is 3.96. The monoisotopic (exact) mass is 301 g/mol. The van der Waals surface area contributed by atoms with Gasteiger partial charge in [-0.3, -0.25) is 4.79 Å². The van der Waals surface area contributed by atoms with Gasteiger partial charge in [-0.2, -0.15) is 13.2 Å². The lowest BCUT2D eigenvalue weighted by Crippen LogP contribution is -2.32. The van der Waals surface area contributed by atoms with Crippen LogP contribution < -0.4 is 11.1 Å². The molecule has 4 nitrogen and oxygen atoms in total. The van der Waals surface area contributed by atoms with E-state index in [0.29, 0.717) is 11.5 Å². The van der Waals surface area contributed by atoms with Gasteiger partial charge in [0.2, 0.25) is 5.91 Å². The van der Waals surface area contributed by atoms with Gasteiger partial charge in [0, 0.05) is 5.92 Å². The molecule has 2 rings (SSSR count). The van der Waals surface area contributed by atoms with Gasteiger partial charge in [-0.05, 0) is 44.2 Å². The highest BCUT2D eigenvalue weighted by molar-refractivity contribution is 5.91. The van der Waals surface area contributed by atoms with Crippen molar-refractivity contribution < 1.29 is 18.0 Å². The average Bonchev–Trinajstić information content (AvgIpc) is 2.42. The molecule has 1 aliphatic rings. The van der Waals surface area contributed by atoms with Crippen molar-refractivity contribution >= 4 is 17.4 Å². The molecular formula is C14H18F3N3O. The zero-order valence-corrected chi connectivity index (χ0v) is 11.7. The van der Waals surface area contributed by atoms with Crippen LogP contribution in [0.1, 0.15) is 31.2 Å². The molecule has 1 amide bonds. The minimum atomic E-state index is -4.16. The van der Waals surface area contributed by atoms with Crippen LogP contribution in [0.25, 0.3) is 0 Å². The molecule has 1 aliphatic carbocycles. The lowest BCUT2D eigenvalue weighted by atomic mass is 9.81. The quantitative estimate of drug-likeness (QED) is 0.881. The average molecular weight is 301 g/mol. The Kier molecular flexibility index (Phi) is 4.39. The third-order valence-electron chi connectivity index (χ3n) is 3.96. The van der Waals surface area contributed by atoms with Crippen molar-refractivity contribution in [2.75, 3.05) is 11.1 Å². The van der Waals surface area contributed by atoms with Crippen molar-refractivity contribution in [1.82, 2.24) is 4.98 Å². The standard InChI is InChI=1S/C14H18F3N3O/c1-8-6-12(19-7-11(8)18)20-13(21)9-2-4-10(5-3-9)14(15,16)17/h6-7,9-10H,2-5,18H2,1H3,(H,19,20,21). The van der Waals surface area contributed by atoms with E-state index in [1.54, 1.807) is 13.0 Å². The molecule has 1 aromatic rings. The maximum absolute atomic E-state index is 12.6. The first kappa shape index (κ1) is 15.6. The van der Waals surface area contributed by atoms with Crippen LogP contribution >= 0.6 is 0 Å². The molecular weight excluding hydrogens is 283 g/mol. The molecule has 0 unspecified atom stereocenters. The first-order valence-corrected chi connectivity index (χ1v) is 6.87. The second-order valence-corrected chi connectivity index (χ2v) is 5.51. The van der Waals surface area contributed by atoms with Crippen molar-refractivity contribution in [2.45, 2.75) is 38.8 Å². The summed E-state index contributed by atoms with van der Waals surface area (Å²) in [6.45, 7) is 1.79. The summed E-state index contributed by atoms with van der Waals surface area (Å²) < 4.78 is 37.7. The number of amides is 1. The summed E-state index contributed by atoms with van der Waals surface area (Å²) in [5.74, 6) is -1.56. The summed E-state index contributed by atoms with van der Waals surface area (Å²) in [4.78, 5) is 16.0. The van der Waals surface area contributed by atoms with Gasteiger partial charge in [0.05, 0.1) is 17.8 Å². The zero-order valence-electron chi connectivity index (χ0n) is 11.7. The van der Waals surface area contributed by atoms with E-state index in [4.69, 9.17) is 5.73 Å². The normalized spacial score (nSPS) is 22.9. The largest absolute Gasteiger partial charge is 0.397 e. The number of alkyl halides is 3. The minimum absolute atomic E-state index is 0.00970. The summed E-state index contributed by atoms with van der Waals surface area (Å²) >= 11 is 0. The Morgan fingerprint density at radius 3 is 2.48 bits per heavy atom. The number of anilines is 2. The number of carbonyl (C=O) groups excluding carboxylic acids is 1. The van der Waals surface area contributed by atoms with Gasteiger partial charge in [0.15, 0.2) is 0 Å². The van der Waals surface area contributed by atoms with E-state index < -0.39 is 12.1 Å². The molecule has 0 aromatic carbocycles. The molecule has 1 heterocycles. The van der Waals surface area contributed by atoms with Crippen LogP contribution in [0.3, 0.4) is 0 Å². The minimum Gasteiger partial charge on any atom is -0.397 e. The van der Waals surface area contributed by atoms with Crippen molar-refractivity contribution in [3.8, 4) is 0 Å². The van der Waals surface area contributed by atoms with Crippen molar-refractivity contribution in [3.63, 3.8) is 0 Å². The van der Waals surface area contributed by atoms with Gasteiger partial charge in [0.1, 0.15) is 5.82 Å². The molecule has 0 spiro atoms. The molecule has 1 aromatic heterocycles. The highest BCUT2D eigenvalue weighted by Gasteiger charge is 2.42. The third kappa shape index (κ3) is 3.86. The number of hydrogen-bond acceptors (Lipinski definition) is 3. The fourth-order valence-corrected chi connectivity index (χ4v) is 2.55. The molecule has 1 saturated carbocycles. The van der Waals surface area contributed by atoms with Crippen LogP contribution in [0, 0.1) is 18.8 Å². The Morgan fingerprint density at radius 1 is 1.33 bits per heavy atom. The number of nitrogens with zero attached hydrogens (tertiary/aromatic N) is 1. The van der Waals surface area contributed by atoms with E-state index in [-0.39, 0.29) is 37.5 Å². The lowest BCUT2D eigenvalue weighted by Gasteiger charge is -2.29. The van der Waals surface area contributed by atoms with Crippen molar-refractivity contribution in [3.05, 3.63) is 17.8 Å². The van der Waals surface area contributed by atoms with Crippen molar-refractivity contribution in [1.29, 1.82) is 0 Å². The number of nitrogens with two attached hydrogens (primary N) is 1. The molecule has 21 heavy (non-hydrogen) atoms. The molecule has 0 atom stereocenters. The number of aryl methyl sites for hydroxylation is 1. The van der Waals surface area contributed by atoms with Crippen LogP contribution in [0.15, 0.2) is 12.3 Å².